The van der Waals surface area contributed by atoms with Gasteiger partial charge in [-0.1, -0.05) is 36.4 Å². The van der Waals surface area contributed by atoms with Crippen molar-refractivity contribution in [2.24, 2.45) is 0 Å². The largest absolute Gasteiger partial charge is 0.459 e. The zero-order chi connectivity index (χ0) is 19.4. The van der Waals surface area contributed by atoms with E-state index >= 15 is 4.39 Å². The maximum absolute atomic E-state index is 15.1. The van der Waals surface area contributed by atoms with Crippen LogP contribution in [0.25, 0.3) is 0 Å². The van der Waals surface area contributed by atoms with Crippen LogP contribution in [0.5, 0.6) is 0 Å². The molecule has 2 aromatic carbocycles. The van der Waals surface area contributed by atoms with E-state index in [1.54, 1.807) is 67.6 Å². The van der Waals surface area contributed by atoms with E-state index < -0.39 is 35.9 Å². The van der Waals surface area contributed by atoms with Gasteiger partial charge in [-0.15, -0.1) is 0 Å². The van der Waals surface area contributed by atoms with Crippen molar-refractivity contribution in [1.82, 2.24) is 0 Å². The quantitative estimate of drug-likeness (QED) is 0.751. The van der Waals surface area contributed by atoms with Gasteiger partial charge in [0.25, 0.3) is 0 Å². The lowest BCUT2D eigenvalue weighted by molar-refractivity contribution is -0.0435. The molecule has 27 heavy (non-hydrogen) atoms. The average molecular weight is 372 g/mol. The lowest BCUT2D eigenvalue weighted by Crippen LogP contribution is -2.44. The summed E-state index contributed by atoms with van der Waals surface area (Å²) in [5.41, 5.74) is -1.22. The standard InChI is InChI=1S/C21H21FO5/c1-14-21(2,22)18(27-20(24)16-11-7-4-8-12-16)17(26-14)13-25-19(23)15-9-5-3-6-10-15/h3-12,14,17-18H,13H2,1-2H3. The summed E-state index contributed by atoms with van der Waals surface area (Å²) in [6, 6.07) is 16.8. The summed E-state index contributed by atoms with van der Waals surface area (Å²) in [5, 5.41) is 0. The zero-order valence-corrected chi connectivity index (χ0v) is 15.1. The van der Waals surface area contributed by atoms with E-state index in [1.807, 2.05) is 0 Å². The monoisotopic (exact) mass is 372 g/mol. The Morgan fingerprint density at radius 3 is 2.07 bits per heavy atom. The maximum Gasteiger partial charge on any atom is 0.338 e. The van der Waals surface area contributed by atoms with E-state index in [-0.39, 0.29) is 6.61 Å². The van der Waals surface area contributed by atoms with Gasteiger partial charge in [0.15, 0.2) is 11.8 Å². The first-order chi connectivity index (χ1) is 12.9. The molecule has 4 unspecified atom stereocenters. The number of hydrogen-bond acceptors (Lipinski definition) is 5. The van der Waals surface area contributed by atoms with E-state index in [0.717, 1.165) is 0 Å². The molecule has 5 nitrogen and oxygen atoms in total. The molecular formula is C21H21FO5. The first kappa shape index (κ1) is 19.0. The van der Waals surface area contributed by atoms with Crippen LogP contribution in [-0.4, -0.2) is 42.5 Å². The summed E-state index contributed by atoms with van der Waals surface area (Å²) < 4.78 is 31.3. The minimum Gasteiger partial charge on any atom is -0.459 e. The first-order valence-electron chi connectivity index (χ1n) is 8.72. The average Bonchev–Trinajstić information content (AvgIpc) is 2.90. The Bertz CT molecular complexity index is 791. The molecule has 0 amide bonds. The Kier molecular flexibility index (Phi) is 5.56. The van der Waals surface area contributed by atoms with Crippen molar-refractivity contribution >= 4 is 11.9 Å². The number of halogens is 1. The van der Waals surface area contributed by atoms with Crippen molar-refractivity contribution in [1.29, 1.82) is 0 Å². The van der Waals surface area contributed by atoms with Crippen LogP contribution < -0.4 is 0 Å². The molecule has 4 atom stereocenters. The fraction of sp³-hybridized carbons (Fsp3) is 0.333. The summed E-state index contributed by atoms with van der Waals surface area (Å²) in [5.74, 6) is -1.20. The Morgan fingerprint density at radius 2 is 1.52 bits per heavy atom. The van der Waals surface area contributed by atoms with Crippen LogP contribution in [0.3, 0.4) is 0 Å². The highest BCUT2D eigenvalue weighted by Gasteiger charge is 2.55. The number of benzene rings is 2. The number of rotatable bonds is 5. The normalized spacial score (nSPS) is 27.1. The van der Waals surface area contributed by atoms with Crippen LogP contribution in [0.15, 0.2) is 60.7 Å². The number of hydrogen-bond donors (Lipinski definition) is 0. The van der Waals surface area contributed by atoms with E-state index in [2.05, 4.69) is 0 Å². The highest BCUT2D eigenvalue weighted by Crippen LogP contribution is 2.37. The summed E-state index contributed by atoms with van der Waals surface area (Å²) in [6.45, 7) is 2.66. The van der Waals surface area contributed by atoms with Crippen LogP contribution in [0.1, 0.15) is 34.6 Å². The first-order valence-corrected chi connectivity index (χ1v) is 8.72. The van der Waals surface area contributed by atoms with Crippen molar-refractivity contribution in [3.8, 4) is 0 Å². The Labute approximate surface area is 157 Å². The van der Waals surface area contributed by atoms with Crippen molar-refractivity contribution in [3.05, 3.63) is 71.8 Å². The third kappa shape index (κ3) is 4.17. The molecule has 3 rings (SSSR count). The second-order valence-electron chi connectivity index (χ2n) is 6.62. The van der Waals surface area contributed by atoms with Gasteiger partial charge in [-0.3, -0.25) is 0 Å². The van der Waals surface area contributed by atoms with Crippen LogP contribution in [0.2, 0.25) is 0 Å². The van der Waals surface area contributed by atoms with Crippen molar-refractivity contribution in [2.45, 2.75) is 37.8 Å². The minimum atomic E-state index is -1.91. The minimum absolute atomic E-state index is 0.218. The lowest BCUT2D eigenvalue weighted by Gasteiger charge is -2.26. The van der Waals surface area contributed by atoms with Gasteiger partial charge in [-0.05, 0) is 38.1 Å². The number of ether oxygens (including phenoxy) is 3. The summed E-state index contributed by atoms with van der Waals surface area (Å²) in [4.78, 5) is 24.5. The van der Waals surface area contributed by atoms with E-state index in [0.29, 0.717) is 11.1 Å². The molecule has 1 heterocycles. The molecule has 0 spiro atoms. The molecule has 0 bridgehead atoms. The van der Waals surface area contributed by atoms with Crippen molar-refractivity contribution in [2.75, 3.05) is 6.61 Å². The van der Waals surface area contributed by atoms with Crippen LogP contribution >= 0.6 is 0 Å². The molecule has 0 aliphatic carbocycles. The molecule has 0 radical (unpaired) electrons. The van der Waals surface area contributed by atoms with E-state index in [1.165, 1.54) is 6.92 Å². The molecule has 0 saturated carbocycles. The van der Waals surface area contributed by atoms with Gasteiger partial charge in [0.1, 0.15) is 12.7 Å². The fourth-order valence-electron chi connectivity index (χ4n) is 2.95. The van der Waals surface area contributed by atoms with Crippen LogP contribution in [0, 0.1) is 0 Å². The Morgan fingerprint density at radius 1 is 1.00 bits per heavy atom. The van der Waals surface area contributed by atoms with Crippen molar-refractivity contribution < 1.29 is 28.2 Å². The molecule has 142 valence electrons. The molecule has 1 aliphatic heterocycles. The summed E-state index contributed by atoms with van der Waals surface area (Å²) in [7, 11) is 0. The SMILES string of the molecule is CC1OC(COC(=O)c2ccccc2)C(OC(=O)c2ccccc2)C1(C)F. The van der Waals surface area contributed by atoms with Gasteiger partial charge < -0.3 is 14.2 Å². The van der Waals surface area contributed by atoms with Gasteiger partial charge in [-0.2, -0.15) is 0 Å². The molecule has 1 aliphatic rings. The zero-order valence-electron chi connectivity index (χ0n) is 15.1. The van der Waals surface area contributed by atoms with Gasteiger partial charge in [0.2, 0.25) is 0 Å². The highest BCUT2D eigenvalue weighted by molar-refractivity contribution is 5.90. The predicted octanol–water partition coefficient (Wildman–Crippen LogP) is 3.58. The Hall–Kier alpha value is -2.73. The van der Waals surface area contributed by atoms with Gasteiger partial charge in [-0.25, -0.2) is 14.0 Å². The third-order valence-corrected chi connectivity index (χ3v) is 4.70. The smallest absolute Gasteiger partial charge is 0.338 e. The van der Waals surface area contributed by atoms with E-state index in [9.17, 15) is 9.59 Å². The number of esters is 2. The number of alkyl halides is 1. The van der Waals surface area contributed by atoms with Crippen LogP contribution in [-0.2, 0) is 14.2 Å². The van der Waals surface area contributed by atoms with Crippen LogP contribution in [0.4, 0.5) is 4.39 Å². The predicted molar refractivity (Wildman–Crippen MR) is 96.2 cm³/mol. The number of carbonyl (C=O) groups excluding carboxylic acids is 2. The number of carbonyl (C=O) groups is 2. The van der Waals surface area contributed by atoms with E-state index in [4.69, 9.17) is 14.2 Å². The molecule has 2 aromatic rings. The Balaban J connectivity index is 1.69. The lowest BCUT2D eigenvalue weighted by atomic mass is 9.95. The second kappa shape index (κ2) is 7.88. The van der Waals surface area contributed by atoms with Crippen molar-refractivity contribution in [3.63, 3.8) is 0 Å². The molecule has 0 N–H and O–H groups in total. The topological polar surface area (TPSA) is 61.8 Å². The van der Waals surface area contributed by atoms with Gasteiger partial charge in [0.05, 0.1) is 17.2 Å². The molecule has 0 aromatic heterocycles. The highest BCUT2D eigenvalue weighted by atomic mass is 19.1. The fourth-order valence-corrected chi connectivity index (χ4v) is 2.95. The molecular weight excluding hydrogens is 351 g/mol. The molecule has 6 heteroatoms. The van der Waals surface area contributed by atoms with Gasteiger partial charge >= 0.3 is 11.9 Å². The molecule has 1 saturated heterocycles. The van der Waals surface area contributed by atoms with Gasteiger partial charge in [0, 0.05) is 0 Å². The summed E-state index contributed by atoms with van der Waals surface area (Å²) in [6.07, 6.45) is -2.90. The maximum atomic E-state index is 15.1. The molecule has 1 fully saturated rings. The second-order valence-corrected chi connectivity index (χ2v) is 6.62. The summed E-state index contributed by atoms with van der Waals surface area (Å²) >= 11 is 0. The third-order valence-electron chi connectivity index (χ3n) is 4.70.